The predicted octanol–water partition coefficient (Wildman–Crippen LogP) is 3.84. The molecule has 1 aromatic carbocycles. The molecule has 0 saturated carbocycles. The number of phenols is 1. The topological polar surface area (TPSA) is 58.9 Å². The van der Waals surface area contributed by atoms with E-state index in [9.17, 15) is 10.00 Å². The van der Waals surface area contributed by atoms with Gasteiger partial charge in [0.05, 0.1) is 13.2 Å². The summed E-state index contributed by atoms with van der Waals surface area (Å²) < 4.78 is 10.4. The van der Waals surface area contributed by atoms with Crippen LogP contribution in [0.5, 0.6) is 5.75 Å². The summed E-state index contributed by atoms with van der Waals surface area (Å²) in [6, 6.07) is 3.89. The third-order valence-corrected chi connectivity index (χ3v) is 4.20. The molecule has 4 nitrogen and oxygen atoms in total. The second-order valence-electron chi connectivity index (χ2n) is 7.47. The van der Waals surface area contributed by atoms with E-state index in [1.54, 1.807) is 0 Å². The van der Waals surface area contributed by atoms with Gasteiger partial charge in [-0.15, -0.1) is 0 Å². The van der Waals surface area contributed by atoms with E-state index in [2.05, 4.69) is 41.5 Å². The van der Waals surface area contributed by atoms with E-state index < -0.39 is 8.60 Å². The number of aromatic hydroxyl groups is 1. The van der Waals surface area contributed by atoms with Gasteiger partial charge in [-0.1, -0.05) is 41.5 Å². The van der Waals surface area contributed by atoms with Crippen molar-refractivity contribution in [2.24, 2.45) is 0 Å². The average molecular weight is 370 g/mol. The van der Waals surface area contributed by atoms with Crippen LogP contribution in [0.4, 0.5) is 0 Å². The summed E-state index contributed by atoms with van der Waals surface area (Å²) >= 11 is 0. The van der Waals surface area contributed by atoms with Crippen LogP contribution in [-0.4, -0.2) is 54.3 Å². The zero-order chi connectivity index (χ0) is 17.1. The van der Waals surface area contributed by atoms with Crippen LogP contribution < -0.4 is 0 Å². The molecule has 1 unspecified atom stereocenters. The zero-order valence-corrected chi connectivity index (χ0v) is 15.6. The molecule has 1 atom stereocenters. The first-order chi connectivity index (χ1) is 9.96. The average Bonchev–Trinajstić information content (AvgIpc) is 2.35. The molecule has 0 aromatic heterocycles. The molecule has 130 valence electrons. The Balaban J connectivity index is 0.00000484. The number of benzene rings is 1. The van der Waals surface area contributed by atoms with Crippen molar-refractivity contribution in [3.63, 3.8) is 0 Å². The standard InChI is InChI=1S/C17H29O4P.Ca.2H/c1-8-20-22(19)21-11-12-9-13(16(2,3)4)15(18)14(10-12)17(5,6)7;;;/h9-10,18-19H,8,11H2,1-7H3;;;. The van der Waals surface area contributed by atoms with Gasteiger partial charge in [0.15, 0.2) is 0 Å². The Morgan fingerprint density at radius 3 is 1.74 bits per heavy atom. The third-order valence-electron chi connectivity index (χ3n) is 3.37. The third kappa shape index (κ3) is 7.15. The van der Waals surface area contributed by atoms with Crippen molar-refractivity contribution in [3.05, 3.63) is 28.8 Å². The summed E-state index contributed by atoms with van der Waals surface area (Å²) in [5.41, 5.74) is 2.34. The predicted molar refractivity (Wildman–Crippen MR) is 99.6 cm³/mol. The van der Waals surface area contributed by atoms with Crippen molar-refractivity contribution >= 4 is 46.3 Å². The van der Waals surface area contributed by atoms with Crippen LogP contribution in [-0.2, 0) is 26.5 Å². The maximum absolute atomic E-state index is 10.6. The number of rotatable bonds is 5. The summed E-state index contributed by atoms with van der Waals surface area (Å²) in [5, 5.41) is 10.6. The van der Waals surface area contributed by atoms with Crippen molar-refractivity contribution in [1.82, 2.24) is 0 Å². The van der Waals surface area contributed by atoms with Gasteiger partial charge in [0, 0.05) is 0 Å². The van der Waals surface area contributed by atoms with E-state index in [4.69, 9.17) is 9.05 Å². The van der Waals surface area contributed by atoms with Gasteiger partial charge in [-0.25, -0.2) is 0 Å². The Kier molecular flexibility index (Phi) is 9.57. The zero-order valence-electron chi connectivity index (χ0n) is 14.7. The van der Waals surface area contributed by atoms with Gasteiger partial charge >= 0.3 is 46.3 Å². The van der Waals surface area contributed by atoms with Gasteiger partial charge in [0.1, 0.15) is 5.75 Å². The Bertz CT molecular complexity index is 471. The molecular formula is C17H31CaO4P. The summed E-state index contributed by atoms with van der Waals surface area (Å²) in [5.74, 6) is 0.347. The molecule has 0 saturated heterocycles. The maximum atomic E-state index is 10.6. The van der Waals surface area contributed by atoms with E-state index in [1.807, 2.05) is 19.1 Å². The van der Waals surface area contributed by atoms with Crippen LogP contribution in [0.15, 0.2) is 12.1 Å². The number of hydrogen-bond acceptors (Lipinski definition) is 4. The van der Waals surface area contributed by atoms with Gasteiger partial charge in [-0.05, 0) is 46.6 Å². The molecule has 0 aliphatic heterocycles. The molecule has 6 heteroatoms. The SMILES string of the molecule is CCOP(O)OCc1cc(C(C)(C)C)c(O)c(C(C)(C)C)c1.[CaH2]. The van der Waals surface area contributed by atoms with Crippen molar-refractivity contribution in [2.45, 2.75) is 65.9 Å². The second kappa shape index (κ2) is 9.33. The van der Waals surface area contributed by atoms with Gasteiger partial charge < -0.3 is 19.0 Å². The molecule has 0 heterocycles. The minimum absolute atomic E-state index is 0. The van der Waals surface area contributed by atoms with Crippen LogP contribution in [0.25, 0.3) is 0 Å². The summed E-state index contributed by atoms with van der Waals surface area (Å²) in [6.07, 6.45) is 0. The Labute approximate surface area is 171 Å². The van der Waals surface area contributed by atoms with Crippen molar-refractivity contribution in [1.29, 1.82) is 0 Å². The summed E-state index contributed by atoms with van der Waals surface area (Å²) in [6.45, 7) is 14.9. The molecule has 0 radical (unpaired) electrons. The van der Waals surface area contributed by atoms with Gasteiger partial charge in [-0.2, -0.15) is 0 Å². The quantitative estimate of drug-likeness (QED) is 0.611. The first-order valence-corrected chi connectivity index (χ1v) is 8.71. The van der Waals surface area contributed by atoms with E-state index >= 15 is 0 Å². The Morgan fingerprint density at radius 2 is 1.39 bits per heavy atom. The van der Waals surface area contributed by atoms with Crippen LogP contribution >= 0.6 is 8.60 Å². The van der Waals surface area contributed by atoms with Gasteiger partial charge in [0.25, 0.3) is 0 Å². The summed E-state index contributed by atoms with van der Waals surface area (Å²) in [4.78, 5) is 9.59. The first kappa shape index (κ1) is 23.6. The minimum atomic E-state index is -1.85. The molecule has 1 rings (SSSR count). The van der Waals surface area contributed by atoms with Crippen molar-refractivity contribution < 1.29 is 19.0 Å². The fraction of sp³-hybridized carbons (Fsp3) is 0.647. The van der Waals surface area contributed by atoms with Crippen LogP contribution in [0.2, 0.25) is 0 Å². The van der Waals surface area contributed by atoms with Crippen LogP contribution in [0, 0.1) is 0 Å². The monoisotopic (exact) mass is 370 g/mol. The fourth-order valence-corrected chi connectivity index (χ4v) is 2.75. The molecule has 23 heavy (non-hydrogen) atoms. The van der Waals surface area contributed by atoms with Crippen molar-refractivity contribution in [3.8, 4) is 5.75 Å². The first-order valence-electron chi connectivity index (χ1n) is 7.58. The molecule has 1 aromatic rings. The molecule has 2 N–H and O–H groups in total. The molecule has 0 bridgehead atoms. The van der Waals surface area contributed by atoms with E-state index in [1.165, 1.54) is 0 Å². The molecule has 0 amide bonds. The molecule has 0 aliphatic rings. The Morgan fingerprint density at radius 1 is 0.957 bits per heavy atom. The van der Waals surface area contributed by atoms with Gasteiger partial charge in [-0.3, -0.25) is 0 Å². The number of phenolic OH excluding ortho intramolecular Hbond substituents is 1. The molecule has 0 fully saturated rings. The van der Waals surface area contributed by atoms with Crippen LogP contribution in [0.3, 0.4) is 0 Å². The molecule has 0 spiro atoms. The van der Waals surface area contributed by atoms with Crippen molar-refractivity contribution in [2.75, 3.05) is 6.61 Å². The van der Waals surface area contributed by atoms with E-state index in [-0.39, 0.29) is 55.2 Å². The fourth-order valence-electron chi connectivity index (χ4n) is 2.20. The normalized spacial score (nSPS) is 13.6. The van der Waals surface area contributed by atoms with E-state index in [0.717, 1.165) is 16.7 Å². The van der Waals surface area contributed by atoms with Gasteiger partial charge in [0.2, 0.25) is 0 Å². The molecular weight excluding hydrogens is 339 g/mol. The van der Waals surface area contributed by atoms with E-state index in [0.29, 0.717) is 12.4 Å². The van der Waals surface area contributed by atoms with Crippen LogP contribution in [0.1, 0.15) is 65.2 Å². The summed E-state index contributed by atoms with van der Waals surface area (Å²) in [7, 11) is -1.85. The molecule has 0 aliphatic carbocycles. The Hall–Kier alpha value is 0.590. The number of hydrogen-bond donors (Lipinski definition) is 2. The second-order valence-corrected chi connectivity index (χ2v) is 8.46.